The highest BCUT2D eigenvalue weighted by Gasteiger charge is 2.22. The van der Waals surface area contributed by atoms with Gasteiger partial charge in [-0.05, 0) is 43.3 Å². The number of nitrogens with zero attached hydrogens (tertiary/aromatic N) is 1. The summed E-state index contributed by atoms with van der Waals surface area (Å²) in [6, 6.07) is 11.9. The zero-order chi connectivity index (χ0) is 15.0. The van der Waals surface area contributed by atoms with Gasteiger partial charge in [0.05, 0.1) is 11.4 Å². The van der Waals surface area contributed by atoms with E-state index in [2.05, 4.69) is 29.3 Å². The van der Waals surface area contributed by atoms with Crippen molar-refractivity contribution in [2.24, 2.45) is 0 Å². The lowest BCUT2D eigenvalue weighted by molar-refractivity contribution is -0.114. The molecule has 21 heavy (non-hydrogen) atoms. The lowest BCUT2D eigenvalue weighted by Crippen LogP contribution is -2.20. The fourth-order valence-corrected chi connectivity index (χ4v) is 3.89. The molecule has 1 amide bonds. The normalized spacial score (nSPS) is 12.6. The molecule has 1 aliphatic heterocycles. The lowest BCUT2D eigenvalue weighted by Gasteiger charge is -2.32. The van der Waals surface area contributed by atoms with E-state index in [4.69, 9.17) is 11.6 Å². The third kappa shape index (κ3) is 2.74. The number of fused-ring (bicyclic) bond motifs is 2. The van der Waals surface area contributed by atoms with Crippen molar-refractivity contribution in [3.8, 4) is 0 Å². The van der Waals surface area contributed by atoms with Crippen LogP contribution in [0.25, 0.3) is 0 Å². The molecule has 0 aromatic heterocycles. The van der Waals surface area contributed by atoms with Crippen LogP contribution >= 0.6 is 23.4 Å². The lowest BCUT2D eigenvalue weighted by atomic mass is 10.2. The first-order valence-electron chi connectivity index (χ1n) is 6.75. The number of carbonyl (C=O) groups excluding carboxylic acids is 1. The summed E-state index contributed by atoms with van der Waals surface area (Å²) in [5, 5.41) is 3.56. The van der Waals surface area contributed by atoms with Gasteiger partial charge in [-0.3, -0.25) is 4.79 Å². The fraction of sp³-hybridized carbons (Fsp3) is 0.188. The number of amides is 1. The Balaban J connectivity index is 2.06. The van der Waals surface area contributed by atoms with Crippen molar-refractivity contribution in [3.05, 3.63) is 41.4 Å². The summed E-state index contributed by atoms with van der Waals surface area (Å²) >= 11 is 7.79. The Bertz CT molecular complexity index is 717. The Morgan fingerprint density at radius 3 is 2.52 bits per heavy atom. The van der Waals surface area contributed by atoms with Gasteiger partial charge in [-0.15, -0.1) is 0 Å². The van der Waals surface area contributed by atoms with Crippen molar-refractivity contribution in [1.82, 2.24) is 0 Å². The monoisotopic (exact) mass is 318 g/mol. The zero-order valence-electron chi connectivity index (χ0n) is 11.8. The van der Waals surface area contributed by atoms with E-state index in [-0.39, 0.29) is 5.91 Å². The van der Waals surface area contributed by atoms with Crippen LogP contribution in [0.3, 0.4) is 0 Å². The van der Waals surface area contributed by atoms with Gasteiger partial charge in [-0.2, -0.15) is 0 Å². The summed E-state index contributed by atoms with van der Waals surface area (Å²) in [6.45, 7) is 4.52. The summed E-state index contributed by atoms with van der Waals surface area (Å²) < 4.78 is 0. The molecule has 0 atom stereocenters. The molecule has 0 saturated heterocycles. The maximum absolute atomic E-state index is 11.2. The molecule has 0 fully saturated rings. The molecule has 1 heterocycles. The molecule has 0 aliphatic carbocycles. The molecule has 0 spiro atoms. The summed E-state index contributed by atoms with van der Waals surface area (Å²) in [5.41, 5.74) is 3.15. The van der Waals surface area contributed by atoms with Crippen LogP contribution in [-0.2, 0) is 4.79 Å². The summed E-state index contributed by atoms with van der Waals surface area (Å²) in [4.78, 5) is 15.7. The Morgan fingerprint density at radius 1 is 1.19 bits per heavy atom. The largest absolute Gasteiger partial charge is 0.340 e. The number of anilines is 3. The van der Waals surface area contributed by atoms with Crippen molar-refractivity contribution < 1.29 is 4.79 Å². The Labute approximate surface area is 133 Å². The molecule has 5 heteroatoms. The van der Waals surface area contributed by atoms with Crippen LogP contribution in [0.15, 0.2) is 46.2 Å². The van der Waals surface area contributed by atoms with Crippen LogP contribution in [0, 0.1) is 0 Å². The highest BCUT2D eigenvalue weighted by atomic mass is 35.5. The average Bonchev–Trinajstić information content (AvgIpc) is 2.43. The third-order valence-electron chi connectivity index (χ3n) is 3.32. The molecular formula is C16H15ClN2OS. The predicted molar refractivity (Wildman–Crippen MR) is 89.0 cm³/mol. The standard InChI is InChI=1S/C16H15ClN2OS/c1-3-19-13-6-4-11(17)8-15(13)21-16-9-12(18-10(2)20)5-7-14(16)19/h4-9H,3H2,1-2H3,(H,18,20). The number of benzene rings is 2. The molecule has 2 aromatic rings. The smallest absolute Gasteiger partial charge is 0.221 e. The molecular weight excluding hydrogens is 304 g/mol. The van der Waals surface area contributed by atoms with E-state index >= 15 is 0 Å². The second-order valence-corrected chi connectivity index (χ2v) is 6.34. The molecule has 1 aliphatic rings. The van der Waals surface area contributed by atoms with Gasteiger partial charge >= 0.3 is 0 Å². The first kappa shape index (κ1) is 14.3. The van der Waals surface area contributed by atoms with Gasteiger partial charge in [0.25, 0.3) is 0 Å². The number of halogens is 1. The Morgan fingerprint density at radius 2 is 1.86 bits per heavy atom. The molecule has 0 unspecified atom stereocenters. The van der Waals surface area contributed by atoms with Gasteiger partial charge in [-0.1, -0.05) is 23.4 Å². The number of hydrogen-bond donors (Lipinski definition) is 1. The van der Waals surface area contributed by atoms with Crippen molar-refractivity contribution in [2.45, 2.75) is 23.6 Å². The summed E-state index contributed by atoms with van der Waals surface area (Å²) in [7, 11) is 0. The van der Waals surface area contributed by atoms with Crippen LogP contribution in [0.4, 0.5) is 17.1 Å². The van der Waals surface area contributed by atoms with E-state index in [0.29, 0.717) is 0 Å². The minimum atomic E-state index is -0.0634. The van der Waals surface area contributed by atoms with Crippen LogP contribution in [0.2, 0.25) is 5.02 Å². The quantitative estimate of drug-likeness (QED) is 0.853. The zero-order valence-corrected chi connectivity index (χ0v) is 13.4. The molecule has 0 radical (unpaired) electrons. The van der Waals surface area contributed by atoms with E-state index in [0.717, 1.165) is 32.7 Å². The first-order valence-corrected chi connectivity index (χ1v) is 7.94. The molecule has 108 valence electrons. The van der Waals surface area contributed by atoms with E-state index < -0.39 is 0 Å². The highest BCUT2D eigenvalue weighted by molar-refractivity contribution is 7.99. The molecule has 0 saturated carbocycles. The average molecular weight is 319 g/mol. The van der Waals surface area contributed by atoms with E-state index in [9.17, 15) is 4.79 Å². The highest BCUT2D eigenvalue weighted by Crippen LogP contribution is 2.49. The number of hydrogen-bond acceptors (Lipinski definition) is 3. The van der Waals surface area contributed by atoms with Gasteiger partial charge in [-0.25, -0.2) is 0 Å². The molecule has 0 bridgehead atoms. The summed E-state index contributed by atoms with van der Waals surface area (Å²) in [6.07, 6.45) is 0. The van der Waals surface area contributed by atoms with Crippen molar-refractivity contribution in [1.29, 1.82) is 0 Å². The van der Waals surface area contributed by atoms with Crippen LogP contribution in [0.1, 0.15) is 13.8 Å². The minimum absolute atomic E-state index is 0.0634. The van der Waals surface area contributed by atoms with E-state index in [1.165, 1.54) is 12.6 Å². The number of carbonyl (C=O) groups is 1. The Kier molecular flexibility index (Phi) is 3.83. The van der Waals surface area contributed by atoms with Gasteiger partial charge in [0.2, 0.25) is 5.91 Å². The maximum atomic E-state index is 11.2. The molecule has 1 N–H and O–H groups in total. The van der Waals surface area contributed by atoms with Crippen LogP contribution < -0.4 is 10.2 Å². The summed E-state index contributed by atoms with van der Waals surface area (Å²) in [5.74, 6) is -0.0634. The Hall–Kier alpha value is -1.65. The van der Waals surface area contributed by atoms with Gasteiger partial charge in [0, 0.05) is 34.0 Å². The first-order chi connectivity index (χ1) is 10.1. The minimum Gasteiger partial charge on any atom is -0.340 e. The van der Waals surface area contributed by atoms with Crippen molar-refractivity contribution >= 4 is 46.3 Å². The van der Waals surface area contributed by atoms with Crippen LogP contribution in [0.5, 0.6) is 0 Å². The second-order valence-electron chi connectivity index (χ2n) is 4.82. The maximum Gasteiger partial charge on any atom is 0.221 e. The number of rotatable bonds is 2. The molecule has 3 rings (SSSR count). The van der Waals surface area contributed by atoms with Crippen LogP contribution in [-0.4, -0.2) is 12.5 Å². The topological polar surface area (TPSA) is 32.3 Å². The van der Waals surface area contributed by atoms with Gasteiger partial charge in [0.15, 0.2) is 0 Å². The molecule has 2 aromatic carbocycles. The fourth-order valence-electron chi connectivity index (χ4n) is 2.48. The van der Waals surface area contributed by atoms with Gasteiger partial charge in [0.1, 0.15) is 0 Å². The van der Waals surface area contributed by atoms with E-state index in [1.807, 2.05) is 24.3 Å². The number of nitrogens with one attached hydrogen (secondary N) is 1. The predicted octanol–water partition coefficient (Wildman–Crippen LogP) is 4.92. The third-order valence-corrected chi connectivity index (χ3v) is 4.65. The SMILES string of the molecule is CCN1c2ccc(Cl)cc2Sc2cc(NC(C)=O)ccc21. The second kappa shape index (κ2) is 5.62. The van der Waals surface area contributed by atoms with E-state index in [1.54, 1.807) is 11.8 Å². The molecule has 3 nitrogen and oxygen atoms in total. The van der Waals surface area contributed by atoms with Crippen molar-refractivity contribution in [2.75, 3.05) is 16.8 Å². The van der Waals surface area contributed by atoms with Gasteiger partial charge < -0.3 is 10.2 Å². The van der Waals surface area contributed by atoms with Crippen molar-refractivity contribution in [3.63, 3.8) is 0 Å².